The maximum atomic E-state index is 12.9. The van der Waals surface area contributed by atoms with Gasteiger partial charge in [-0.3, -0.25) is 9.78 Å². The molecular weight excluding hydrogens is 469 g/mol. The maximum absolute atomic E-state index is 12.9. The summed E-state index contributed by atoms with van der Waals surface area (Å²) in [6.07, 6.45) is 3.63. The molecule has 0 unspecified atom stereocenters. The normalized spacial score (nSPS) is 15.3. The number of rotatable bonds is 8. The molecule has 0 amide bonds. The van der Waals surface area contributed by atoms with Gasteiger partial charge in [-0.15, -0.1) is 11.3 Å². The van der Waals surface area contributed by atoms with Gasteiger partial charge in [-0.05, 0) is 49.2 Å². The van der Waals surface area contributed by atoms with Gasteiger partial charge in [-0.25, -0.2) is 17.8 Å². The minimum absolute atomic E-state index is 0.0417. The molecule has 11 heteroatoms. The molecule has 0 radical (unpaired) electrons. The van der Waals surface area contributed by atoms with Gasteiger partial charge < -0.3 is 9.47 Å². The predicted molar refractivity (Wildman–Crippen MR) is 118 cm³/mol. The molecule has 1 saturated heterocycles. The number of hydrogen-bond acceptors (Lipinski definition) is 8. The molecular formula is C22H22FN3O5S2. The van der Waals surface area contributed by atoms with E-state index in [4.69, 9.17) is 9.47 Å². The van der Waals surface area contributed by atoms with Gasteiger partial charge >= 0.3 is 5.97 Å². The van der Waals surface area contributed by atoms with Gasteiger partial charge in [-0.2, -0.15) is 4.31 Å². The maximum Gasteiger partial charge on any atom is 0.309 e. The molecule has 4 rings (SSSR count). The topological polar surface area (TPSA) is 98.7 Å². The monoisotopic (exact) mass is 491 g/mol. The number of benzene rings is 1. The molecule has 0 saturated carbocycles. The molecule has 0 bridgehead atoms. The van der Waals surface area contributed by atoms with E-state index in [-0.39, 0.29) is 48.9 Å². The van der Waals surface area contributed by atoms with Crippen molar-refractivity contribution in [2.75, 3.05) is 13.1 Å². The zero-order valence-electron chi connectivity index (χ0n) is 17.6. The standard InChI is InChI=1S/C22H22FN3O5S2/c23-17-3-5-19(6-4-17)30-14-21-25-18(15-32-21)13-31-22(27)16-7-10-26(11-8-16)33(28,29)20-2-1-9-24-12-20/h1-6,9,12,15-16H,7-8,10-11,13-14H2. The number of hydrogen-bond donors (Lipinski definition) is 0. The van der Waals surface area contributed by atoms with E-state index in [0.717, 1.165) is 0 Å². The van der Waals surface area contributed by atoms with Crippen LogP contribution in [0.2, 0.25) is 0 Å². The Morgan fingerprint density at radius 2 is 1.91 bits per heavy atom. The molecule has 0 spiro atoms. The van der Waals surface area contributed by atoms with Crippen molar-refractivity contribution >= 4 is 27.3 Å². The van der Waals surface area contributed by atoms with E-state index in [1.54, 1.807) is 23.6 Å². The Labute approximate surface area is 195 Å². The second-order valence-electron chi connectivity index (χ2n) is 7.45. The average Bonchev–Trinajstić information content (AvgIpc) is 3.31. The number of pyridine rings is 1. The van der Waals surface area contributed by atoms with Gasteiger partial charge in [0.15, 0.2) is 0 Å². The third-order valence-corrected chi connectivity index (χ3v) is 7.95. The lowest BCUT2D eigenvalue weighted by Crippen LogP contribution is -2.40. The first-order chi connectivity index (χ1) is 15.9. The summed E-state index contributed by atoms with van der Waals surface area (Å²) in [5.74, 6) is -0.506. The fourth-order valence-corrected chi connectivity index (χ4v) is 5.52. The van der Waals surface area contributed by atoms with Gasteiger partial charge in [0.1, 0.15) is 34.7 Å². The van der Waals surface area contributed by atoms with Crippen LogP contribution in [0.4, 0.5) is 4.39 Å². The highest BCUT2D eigenvalue weighted by Gasteiger charge is 2.33. The quantitative estimate of drug-likeness (QED) is 0.446. The summed E-state index contributed by atoms with van der Waals surface area (Å²) >= 11 is 1.38. The Morgan fingerprint density at radius 3 is 2.61 bits per heavy atom. The first kappa shape index (κ1) is 23.3. The van der Waals surface area contributed by atoms with E-state index in [9.17, 15) is 17.6 Å². The fourth-order valence-electron chi connectivity index (χ4n) is 3.40. The molecule has 174 valence electrons. The van der Waals surface area contributed by atoms with Crippen LogP contribution in [0.3, 0.4) is 0 Å². The number of halogens is 1. The molecule has 3 aromatic rings. The molecule has 0 N–H and O–H groups in total. The number of carbonyl (C=O) groups is 1. The smallest absolute Gasteiger partial charge is 0.309 e. The van der Waals surface area contributed by atoms with Crippen LogP contribution in [0.1, 0.15) is 23.5 Å². The first-order valence-corrected chi connectivity index (χ1v) is 12.6. The number of carbonyl (C=O) groups excluding carboxylic acids is 1. The lowest BCUT2D eigenvalue weighted by atomic mass is 9.98. The van der Waals surface area contributed by atoms with Gasteiger partial charge in [0.25, 0.3) is 0 Å². The number of ether oxygens (including phenoxy) is 2. The molecule has 1 aromatic carbocycles. The first-order valence-electron chi connectivity index (χ1n) is 10.3. The number of thiazole rings is 1. The number of sulfonamides is 1. The van der Waals surface area contributed by atoms with Crippen molar-refractivity contribution in [2.24, 2.45) is 5.92 Å². The predicted octanol–water partition coefficient (Wildman–Crippen LogP) is 3.40. The summed E-state index contributed by atoms with van der Waals surface area (Å²) < 4.78 is 50.6. The third-order valence-electron chi connectivity index (χ3n) is 5.20. The molecule has 2 aromatic heterocycles. The Kier molecular flexibility index (Phi) is 7.31. The second-order valence-corrected chi connectivity index (χ2v) is 10.3. The van der Waals surface area contributed by atoms with Crippen LogP contribution in [-0.4, -0.2) is 41.7 Å². The minimum atomic E-state index is -3.61. The molecule has 1 aliphatic heterocycles. The van der Waals surface area contributed by atoms with Crippen LogP contribution >= 0.6 is 11.3 Å². The van der Waals surface area contributed by atoms with Crippen LogP contribution in [-0.2, 0) is 32.8 Å². The Morgan fingerprint density at radius 1 is 1.15 bits per heavy atom. The summed E-state index contributed by atoms with van der Waals surface area (Å²) in [6.45, 7) is 0.769. The van der Waals surface area contributed by atoms with Crippen LogP contribution < -0.4 is 4.74 Å². The Balaban J connectivity index is 1.23. The third kappa shape index (κ3) is 5.92. The van der Waals surface area contributed by atoms with Gasteiger partial charge in [0.05, 0.1) is 11.6 Å². The SMILES string of the molecule is O=C(OCc1csc(COc2ccc(F)cc2)n1)C1CCN(S(=O)(=O)c2cccnc2)CC1. The molecule has 3 heterocycles. The Hall–Kier alpha value is -2.89. The molecule has 8 nitrogen and oxygen atoms in total. The molecule has 1 fully saturated rings. The van der Waals surface area contributed by atoms with Crippen molar-refractivity contribution in [1.29, 1.82) is 0 Å². The lowest BCUT2D eigenvalue weighted by Gasteiger charge is -2.29. The summed E-state index contributed by atoms with van der Waals surface area (Å²) in [7, 11) is -3.61. The van der Waals surface area contributed by atoms with Crippen molar-refractivity contribution in [1.82, 2.24) is 14.3 Å². The highest BCUT2D eigenvalue weighted by molar-refractivity contribution is 7.89. The van der Waals surface area contributed by atoms with E-state index >= 15 is 0 Å². The fraction of sp³-hybridized carbons (Fsp3) is 0.318. The number of nitrogens with zero attached hydrogens (tertiary/aromatic N) is 3. The second kappa shape index (κ2) is 10.4. The zero-order valence-corrected chi connectivity index (χ0v) is 19.2. The van der Waals surface area contributed by atoms with Gasteiger partial charge in [0, 0.05) is 30.9 Å². The number of esters is 1. The van der Waals surface area contributed by atoms with Crippen molar-refractivity contribution in [2.45, 2.75) is 31.0 Å². The molecule has 1 aliphatic rings. The number of aromatic nitrogens is 2. The average molecular weight is 492 g/mol. The molecule has 0 aliphatic carbocycles. The largest absolute Gasteiger partial charge is 0.486 e. The van der Waals surface area contributed by atoms with Crippen molar-refractivity contribution in [3.63, 3.8) is 0 Å². The van der Waals surface area contributed by atoms with Crippen molar-refractivity contribution in [3.8, 4) is 5.75 Å². The number of piperidine rings is 1. The minimum Gasteiger partial charge on any atom is -0.486 e. The van der Waals surface area contributed by atoms with Crippen molar-refractivity contribution < 1.29 is 27.1 Å². The van der Waals surface area contributed by atoms with Gasteiger partial charge in [0.2, 0.25) is 10.0 Å². The van der Waals surface area contributed by atoms with E-state index in [2.05, 4.69) is 9.97 Å². The van der Waals surface area contributed by atoms with E-state index in [1.807, 2.05) is 0 Å². The molecule has 0 atom stereocenters. The van der Waals surface area contributed by atoms with Crippen LogP contribution in [0, 0.1) is 11.7 Å². The van der Waals surface area contributed by atoms with Crippen LogP contribution in [0.25, 0.3) is 0 Å². The highest BCUT2D eigenvalue weighted by atomic mass is 32.2. The van der Waals surface area contributed by atoms with Crippen LogP contribution in [0.5, 0.6) is 5.75 Å². The van der Waals surface area contributed by atoms with Crippen LogP contribution in [0.15, 0.2) is 59.1 Å². The van der Waals surface area contributed by atoms with Crippen molar-refractivity contribution in [3.05, 3.63) is 70.7 Å². The highest BCUT2D eigenvalue weighted by Crippen LogP contribution is 2.25. The summed E-state index contributed by atoms with van der Waals surface area (Å²) in [6, 6.07) is 8.81. The van der Waals surface area contributed by atoms with E-state index in [0.29, 0.717) is 29.3 Å². The summed E-state index contributed by atoms with van der Waals surface area (Å²) in [5.41, 5.74) is 0.614. The van der Waals surface area contributed by atoms with Gasteiger partial charge in [-0.1, -0.05) is 0 Å². The van der Waals surface area contributed by atoms with E-state index < -0.39 is 10.0 Å². The summed E-state index contributed by atoms with van der Waals surface area (Å²) in [5, 5.41) is 2.50. The summed E-state index contributed by atoms with van der Waals surface area (Å²) in [4.78, 5) is 20.9. The lowest BCUT2D eigenvalue weighted by molar-refractivity contribution is -0.151. The van der Waals surface area contributed by atoms with E-state index in [1.165, 1.54) is 46.2 Å². The Bertz CT molecular complexity index is 1180. The molecule has 33 heavy (non-hydrogen) atoms. The zero-order chi connectivity index (χ0) is 23.3.